The molecule has 10 nitrogen and oxygen atoms in total. The van der Waals surface area contributed by atoms with Gasteiger partial charge in [0, 0.05) is 6.54 Å². The normalized spacial score (nSPS) is 28.1. The summed E-state index contributed by atoms with van der Waals surface area (Å²) in [6.07, 6.45) is 8.90. The summed E-state index contributed by atoms with van der Waals surface area (Å²) in [5.74, 6) is -1.31. The van der Waals surface area contributed by atoms with Gasteiger partial charge >= 0.3 is 6.09 Å². The van der Waals surface area contributed by atoms with Crippen LogP contribution in [0.4, 0.5) is 4.79 Å². The Morgan fingerprint density at radius 3 is 2.07 bits per heavy atom. The predicted molar refractivity (Wildman–Crippen MR) is 153 cm³/mol. The Morgan fingerprint density at radius 1 is 0.927 bits per heavy atom. The molecular weight excluding hydrogens is 524 g/mol. The molecule has 0 aromatic rings. The number of hydrogen-bond acceptors (Lipinski definition) is 6. The molecule has 1 aliphatic heterocycles. The lowest BCUT2D eigenvalue weighted by molar-refractivity contribution is -0.143. The number of amides is 4. The average Bonchev–Trinajstić information content (AvgIpc) is 3.16. The molecule has 41 heavy (non-hydrogen) atoms. The molecule has 3 aliphatic carbocycles. The lowest BCUT2D eigenvalue weighted by atomic mass is 9.80. The standard InChI is InChI=1S/C31H50N4O6/c1-29(2,3)24(34-28(40)41-30(4,5)6)27(39)35-17-31(15-20(31)19-12-7-8-13-19)16-22(35)26(38)33-21(23(36)25(32)37)14-18-10-9-11-18/h18-22,24H,7-17H2,1-6H3,(H2,32,37)(H,33,38)(H,34,40)/t20?,21?,22-,24+,31-/m0/s1. The zero-order valence-corrected chi connectivity index (χ0v) is 25.7. The maximum absolute atomic E-state index is 14.2. The number of rotatable bonds is 9. The Bertz CT molecular complexity index is 1050. The van der Waals surface area contributed by atoms with Gasteiger partial charge in [-0.15, -0.1) is 0 Å². The summed E-state index contributed by atoms with van der Waals surface area (Å²) in [4.78, 5) is 67.0. The minimum Gasteiger partial charge on any atom is -0.444 e. The zero-order valence-electron chi connectivity index (χ0n) is 25.7. The number of Topliss-reactive ketones (excluding diaryl/α,β-unsaturated/α-hetero) is 1. The van der Waals surface area contributed by atoms with Crippen molar-refractivity contribution in [3.05, 3.63) is 0 Å². The smallest absolute Gasteiger partial charge is 0.408 e. The van der Waals surface area contributed by atoms with E-state index in [9.17, 15) is 24.0 Å². The number of nitrogens with zero attached hydrogens (tertiary/aromatic N) is 1. The van der Waals surface area contributed by atoms with Gasteiger partial charge in [0.2, 0.25) is 17.6 Å². The molecule has 1 heterocycles. The van der Waals surface area contributed by atoms with E-state index in [4.69, 9.17) is 10.5 Å². The summed E-state index contributed by atoms with van der Waals surface area (Å²) in [5, 5.41) is 5.61. The van der Waals surface area contributed by atoms with Gasteiger partial charge < -0.3 is 26.0 Å². The molecular formula is C31H50N4O6. The SMILES string of the molecule is CC(C)(C)OC(=O)N[C@H](C(=O)N1C[C@]2(CC2C2CCCC2)C[C@H]1C(=O)NC(CC1CCC1)C(=O)C(N)=O)C(C)(C)C. The second kappa shape index (κ2) is 11.6. The van der Waals surface area contributed by atoms with Crippen LogP contribution in [-0.4, -0.2) is 64.8 Å². The fraction of sp³-hybridized carbons (Fsp3) is 0.839. The minimum atomic E-state index is -1.07. The Hall–Kier alpha value is -2.65. The lowest BCUT2D eigenvalue weighted by Gasteiger charge is -2.36. The lowest BCUT2D eigenvalue weighted by Crippen LogP contribution is -2.59. The molecule has 2 unspecified atom stereocenters. The number of carbonyl (C=O) groups excluding carboxylic acids is 5. The number of alkyl carbamates (subject to hydrolysis) is 1. The van der Waals surface area contributed by atoms with Crippen LogP contribution >= 0.6 is 0 Å². The van der Waals surface area contributed by atoms with Gasteiger partial charge in [-0.3, -0.25) is 19.2 Å². The second-order valence-corrected chi connectivity index (χ2v) is 15.2. The molecule has 0 aromatic carbocycles. The molecule has 4 amide bonds. The Labute approximate surface area is 244 Å². The van der Waals surface area contributed by atoms with Crippen LogP contribution in [-0.2, 0) is 23.9 Å². The number of carbonyl (C=O) groups is 5. The highest BCUT2D eigenvalue weighted by atomic mass is 16.6. The molecule has 5 atom stereocenters. The highest BCUT2D eigenvalue weighted by molar-refractivity contribution is 6.37. The summed E-state index contributed by atoms with van der Waals surface area (Å²) in [6.45, 7) is 11.3. The summed E-state index contributed by atoms with van der Waals surface area (Å²) in [5.41, 5.74) is 3.80. The van der Waals surface area contributed by atoms with Crippen molar-refractivity contribution in [2.45, 2.75) is 129 Å². The molecule has 230 valence electrons. The van der Waals surface area contributed by atoms with Crippen molar-refractivity contribution in [3.8, 4) is 0 Å². The van der Waals surface area contributed by atoms with Crippen molar-refractivity contribution in [2.75, 3.05) is 6.54 Å². The van der Waals surface area contributed by atoms with Crippen molar-refractivity contribution in [1.82, 2.24) is 15.5 Å². The largest absolute Gasteiger partial charge is 0.444 e. The van der Waals surface area contributed by atoms with Crippen LogP contribution in [0.15, 0.2) is 0 Å². The number of nitrogens with two attached hydrogens (primary N) is 1. The van der Waals surface area contributed by atoms with Gasteiger partial charge in [0.05, 0.1) is 6.04 Å². The topological polar surface area (TPSA) is 148 Å². The van der Waals surface area contributed by atoms with Crippen molar-refractivity contribution < 1.29 is 28.7 Å². The highest BCUT2D eigenvalue weighted by Crippen LogP contribution is 2.65. The van der Waals surface area contributed by atoms with Gasteiger partial charge in [-0.2, -0.15) is 0 Å². The van der Waals surface area contributed by atoms with E-state index in [2.05, 4.69) is 10.6 Å². The fourth-order valence-corrected chi connectivity index (χ4v) is 7.27. The van der Waals surface area contributed by atoms with Crippen molar-refractivity contribution in [3.63, 3.8) is 0 Å². The van der Waals surface area contributed by atoms with Crippen LogP contribution in [0.5, 0.6) is 0 Å². The van der Waals surface area contributed by atoms with Crippen LogP contribution in [0.1, 0.15) is 106 Å². The van der Waals surface area contributed by atoms with Crippen LogP contribution in [0.25, 0.3) is 0 Å². The average molecular weight is 575 g/mol. The second-order valence-electron chi connectivity index (χ2n) is 15.2. The molecule has 0 aromatic heterocycles. The number of primary amides is 1. The van der Waals surface area contributed by atoms with Gasteiger partial charge in [0.25, 0.3) is 5.91 Å². The summed E-state index contributed by atoms with van der Waals surface area (Å²) in [6, 6.07) is -2.73. The Morgan fingerprint density at radius 2 is 1.56 bits per heavy atom. The molecule has 4 N–H and O–H groups in total. The third-order valence-electron chi connectivity index (χ3n) is 9.71. The molecule has 10 heteroatoms. The van der Waals surface area contributed by atoms with Gasteiger partial charge in [0.15, 0.2) is 0 Å². The Balaban J connectivity index is 1.58. The van der Waals surface area contributed by atoms with Crippen LogP contribution in [0, 0.1) is 28.6 Å². The number of likely N-dealkylation sites (tertiary alicyclic amines) is 1. The van der Waals surface area contributed by atoms with Crippen LogP contribution < -0.4 is 16.4 Å². The first kappa shape index (κ1) is 31.3. The third kappa shape index (κ3) is 7.23. The maximum atomic E-state index is 14.2. The first-order valence-corrected chi connectivity index (χ1v) is 15.4. The molecule has 1 spiro atoms. The van der Waals surface area contributed by atoms with Crippen LogP contribution in [0.2, 0.25) is 0 Å². The monoisotopic (exact) mass is 574 g/mol. The number of hydrogen-bond donors (Lipinski definition) is 3. The van der Waals surface area contributed by atoms with E-state index >= 15 is 0 Å². The molecule has 4 aliphatic rings. The van der Waals surface area contributed by atoms with Gasteiger partial charge in [0.1, 0.15) is 17.7 Å². The number of ketones is 1. The van der Waals surface area contributed by atoms with E-state index in [0.717, 1.165) is 25.7 Å². The quantitative estimate of drug-likeness (QED) is 0.359. The molecule has 0 bridgehead atoms. The maximum Gasteiger partial charge on any atom is 0.408 e. The predicted octanol–water partition coefficient (Wildman–Crippen LogP) is 3.45. The fourth-order valence-electron chi connectivity index (χ4n) is 7.27. The van der Waals surface area contributed by atoms with E-state index in [1.165, 1.54) is 25.7 Å². The first-order valence-electron chi connectivity index (χ1n) is 15.4. The van der Waals surface area contributed by atoms with Gasteiger partial charge in [-0.05, 0) is 68.6 Å². The van der Waals surface area contributed by atoms with Crippen LogP contribution in [0.3, 0.4) is 0 Å². The number of ether oxygens (including phenoxy) is 1. The summed E-state index contributed by atoms with van der Waals surface area (Å²) >= 11 is 0. The molecule has 3 saturated carbocycles. The molecule has 0 radical (unpaired) electrons. The van der Waals surface area contributed by atoms with Gasteiger partial charge in [-0.25, -0.2) is 4.79 Å². The van der Waals surface area contributed by atoms with E-state index in [1.807, 2.05) is 20.8 Å². The molecule has 4 rings (SSSR count). The van der Waals surface area contributed by atoms with Crippen molar-refractivity contribution in [1.29, 1.82) is 0 Å². The number of nitrogens with one attached hydrogen (secondary N) is 2. The highest BCUT2D eigenvalue weighted by Gasteiger charge is 2.64. The van der Waals surface area contributed by atoms with E-state index < -0.39 is 52.8 Å². The summed E-state index contributed by atoms with van der Waals surface area (Å²) in [7, 11) is 0. The van der Waals surface area contributed by atoms with Gasteiger partial charge in [-0.1, -0.05) is 65.7 Å². The van der Waals surface area contributed by atoms with Crippen molar-refractivity contribution >= 4 is 29.6 Å². The zero-order chi connectivity index (χ0) is 30.3. The van der Waals surface area contributed by atoms with E-state index in [-0.39, 0.29) is 17.2 Å². The van der Waals surface area contributed by atoms with Crippen molar-refractivity contribution in [2.24, 2.45) is 34.3 Å². The van der Waals surface area contributed by atoms with E-state index in [1.54, 1.807) is 25.7 Å². The molecule has 1 saturated heterocycles. The minimum absolute atomic E-state index is 0.141. The molecule has 4 fully saturated rings. The van der Waals surface area contributed by atoms with E-state index in [0.29, 0.717) is 31.2 Å². The summed E-state index contributed by atoms with van der Waals surface area (Å²) < 4.78 is 5.46. The first-order chi connectivity index (χ1) is 19.0. The third-order valence-corrected chi connectivity index (χ3v) is 9.71. The Kier molecular flexibility index (Phi) is 8.82.